The molecule has 25 heavy (non-hydrogen) atoms. The second-order valence-electron chi connectivity index (χ2n) is 6.65. The van der Waals surface area contributed by atoms with E-state index >= 15 is 0 Å². The topological polar surface area (TPSA) is 12.0 Å². The van der Waals surface area contributed by atoms with E-state index in [0.29, 0.717) is 6.04 Å². The number of hydrogen-bond acceptors (Lipinski definition) is 1. The van der Waals surface area contributed by atoms with Gasteiger partial charge >= 0.3 is 0 Å². The van der Waals surface area contributed by atoms with E-state index in [9.17, 15) is 0 Å². The van der Waals surface area contributed by atoms with Gasteiger partial charge in [0, 0.05) is 17.6 Å². The zero-order valence-electron chi connectivity index (χ0n) is 14.9. The highest BCUT2D eigenvalue weighted by Crippen LogP contribution is 2.30. The van der Waals surface area contributed by atoms with Gasteiger partial charge in [-0.1, -0.05) is 77.9 Å². The predicted molar refractivity (Wildman–Crippen MR) is 110 cm³/mol. The average molecular weight is 350 g/mol. The first kappa shape index (κ1) is 17.7. The first-order valence-electron chi connectivity index (χ1n) is 8.67. The Morgan fingerprint density at radius 2 is 1.92 bits per heavy atom. The highest BCUT2D eigenvalue weighted by Gasteiger charge is 2.13. The largest absolute Gasteiger partial charge is 0.306 e. The first-order chi connectivity index (χ1) is 12.1. The third-order valence-electron chi connectivity index (χ3n) is 4.74. The standard InChI is InChI=1S/C23H24ClN/c1-4-19-14-22(11-12-23(19)24)21-10-7-18(13-21)15-25-17(3)20-8-5-16(2)6-9-20/h4-12,14,17,25H,1,13,15H2,2-3H3. The molecule has 0 spiro atoms. The first-order valence-corrected chi connectivity index (χ1v) is 9.05. The van der Waals surface area contributed by atoms with Crippen LogP contribution in [0.3, 0.4) is 0 Å². The number of hydrogen-bond donors (Lipinski definition) is 1. The van der Waals surface area contributed by atoms with E-state index in [-0.39, 0.29) is 0 Å². The van der Waals surface area contributed by atoms with Gasteiger partial charge in [-0.3, -0.25) is 0 Å². The van der Waals surface area contributed by atoms with Crippen LogP contribution in [-0.4, -0.2) is 6.54 Å². The lowest BCUT2D eigenvalue weighted by atomic mass is 10.0. The number of rotatable bonds is 6. The Bertz CT molecular complexity index is 828. The molecule has 0 bridgehead atoms. The summed E-state index contributed by atoms with van der Waals surface area (Å²) in [5, 5.41) is 4.37. The van der Waals surface area contributed by atoms with Crippen LogP contribution in [0.25, 0.3) is 11.6 Å². The molecule has 0 saturated carbocycles. The van der Waals surface area contributed by atoms with Crippen molar-refractivity contribution in [3.05, 3.63) is 94.0 Å². The second-order valence-corrected chi connectivity index (χ2v) is 7.05. The highest BCUT2D eigenvalue weighted by atomic mass is 35.5. The fourth-order valence-electron chi connectivity index (χ4n) is 3.06. The van der Waals surface area contributed by atoms with Gasteiger partial charge in [0.2, 0.25) is 0 Å². The van der Waals surface area contributed by atoms with E-state index in [2.05, 4.69) is 74.3 Å². The predicted octanol–water partition coefficient (Wildman–Crippen LogP) is 6.36. The molecule has 2 aromatic carbocycles. The van der Waals surface area contributed by atoms with Crippen molar-refractivity contribution in [2.75, 3.05) is 6.54 Å². The fraction of sp³-hybridized carbons (Fsp3) is 0.217. The summed E-state index contributed by atoms with van der Waals surface area (Å²) in [6, 6.07) is 15.2. The molecule has 0 aromatic heterocycles. The SMILES string of the molecule is C=Cc1cc(C2=CC=C(CNC(C)c3ccc(C)cc3)C2)ccc1Cl. The smallest absolute Gasteiger partial charge is 0.0478 e. The molecule has 0 amide bonds. The Labute approximate surface area is 155 Å². The van der Waals surface area contributed by atoms with Crippen molar-refractivity contribution in [3.8, 4) is 0 Å². The monoisotopic (exact) mass is 349 g/mol. The molecule has 0 saturated heterocycles. The molecule has 1 aliphatic carbocycles. The van der Waals surface area contributed by atoms with Crippen molar-refractivity contribution in [1.29, 1.82) is 0 Å². The molecule has 1 nitrogen and oxygen atoms in total. The summed E-state index contributed by atoms with van der Waals surface area (Å²) in [5.41, 5.74) is 7.57. The third kappa shape index (κ3) is 4.31. The number of halogens is 1. The van der Waals surface area contributed by atoms with Crippen LogP contribution in [0.2, 0.25) is 5.02 Å². The normalized spacial score (nSPS) is 14.8. The van der Waals surface area contributed by atoms with E-state index in [1.165, 1.54) is 27.8 Å². The van der Waals surface area contributed by atoms with Gasteiger partial charge in [0.25, 0.3) is 0 Å². The Morgan fingerprint density at radius 3 is 2.64 bits per heavy atom. The minimum absolute atomic E-state index is 0.341. The van der Waals surface area contributed by atoms with Crippen molar-refractivity contribution in [1.82, 2.24) is 5.32 Å². The van der Waals surface area contributed by atoms with E-state index in [0.717, 1.165) is 23.6 Å². The molecule has 3 rings (SSSR count). The van der Waals surface area contributed by atoms with Gasteiger partial charge in [0.1, 0.15) is 0 Å². The molecular weight excluding hydrogens is 326 g/mol. The fourth-order valence-corrected chi connectivity index (χ4v) is 3.25. The van der Waals surface area contributed by atoms with Crippen molar-refractivity contribution >= 4 is 23.3 Å². The van der Waals surface area contributed by atoms with E-state index in [4.69, 9.17) is 11.6 Å². The lowest BCUT2D eigenvalue weighted by Gasteiger charge is -2.15. The Balaban J connectivity index is 1.57. The molecular formula is C23H24ClN. The van der Waals surface area contributed by atoms with Crippen molar-refractivity contribution < 1.29 is 0 Å². The maximum Gasteiger partial charge on any atom is 0.0478 e. The van der Waals surface area contributed by atoms with E-state index in [1.54, 1.807) is 6.08 Å². The molecule has 0 heterocycles. The number of allylic oxidation sites excluding steroid dienone is 3. The van der Waals surface area contributed by atoms with Gasteiger partial charge < -0.3 is 5.32 Å². The van der Waals surface area contributed by atoms with Crippen molar-refractivity contribution in [2.45, 2.75) is 26.3 Å². The maximum atomic E-state index is 6.17. The molecule has 1 unspecified atom stereocenters. The minimum atomic E-state index is 0.341. The maximum absolute atomic E-state index is 6.17. The molecule has 2 heteroatoms. The zero-order valence-corrected chi connectivity index (χ0v) is 15.6. The molecule has 1 N–H and O–H groups in total. The van der Waals surface area contributed by atoms with Crippen LogP contribution in [0, 0.1) is 6.92 Å². The lowest BCUT2D eigenvalue weighted by molar-refractivity contribution is 0.604. The summed E-state index contributed by atoms with van der Waals surface area (Å²) in [6.45, 7) is 9.06. The lowest BCUT2D eigenvalue weighted by Crippen LogP contribution is -2.21. The van der Waals surface area contributed by atoms with Crippen LogP contribution in [0.1, 0.15) is 41.6 Å². The second kappa shape index (κ2) is 7.86. The van der Waals surface area contributed by atoms with Gasteiger partial charge in [-0.15, -0.1) is 0 Å². The Kier molecular flexibility index (Phi) is 5.57. The van der Waals surface area contributed by atoms with Gasteiger partial charge in [-0.2, -0.15) is 0 Å². The van der Waals surface area contributed by atoms with Crippen LogP contribution in [0.15, 0.2) is 66.8 Å². The van der Waals surface area contributed by atoms with Gasteiger partial charge in [-0.25, -0.2) is 0 Å². The summed E-state index contributed by atoms with van der Waals surface area (Å²) in [5.74, 6) is 0. The number of nitrogens with one attached hydrogen (secondary N) is 1. The summed E-state index contributed by atoms with van der Waals surface area (Å²) < 4.78 is 0. The Morgan fingerprint density at radius 1 is 1.16 bits per heavy atom. The van der Waals surface area contributed by atoms with Gasteiger partial charge in [0.15, 0.2) is 0 Å². The molecule has 1 atom stereocenters. The van der Waals surface area contributed by atoms with Crippen LogP contribution < -0.4 is 5.32 Å². The minimum Gasteiger partial charge on any atom is -0.306 e. The average Bonchev–Trinajstić information content (AvgIpc) is 3.09. The van der Waals surface area contributed by atoms with Crippen molar-refractivity contribution in [3.63, 3.8) is 0 Å². The van der Waals surface area contributed by atoms with Gasteiger partial charge in [-0.05, 0) is 54.7 Å². The van der Waals surface area contributed by atoms with Crippen LogP contribution in [0.4, 0.5) is 0 Å². The third-order valence-corrected chi connectivity index (χ3v) is 5.08. The van der Waals surface area contributed by atoms with E-state index in [1.807, 2.05) is 6.07 Å². The highest BCUT2D eigenvalue weighted by molar-refractivity contribution is 6.32. The molecule has 0 fully saturated rings. The number of aryl methyl sites for hydroxylation is 1. The number of benzene rings is 2. The molecule has 0 radical (unpaired) electrons. The van der Waals surface area contributed by atoms with E-state index < -0.39 is 0 Å². The van der Waals surface area contributed by atoms with Gasteiger partial charge in [0.05, 0.1) is 0 Å². The van der Waals surface area contributed by atoms with Crippen LogP contribution in [-0.2, 0) is 0 Å². The summed E-state index contributed by atoms with van der Waals surface area (Å²) in [7, 11) is 0. The van der Waals surface area contributed by atoms with Crippen LogP contribution >= 0.6 is 11.6 Å². The summed E-state index contributed by atoms with van der Waals surface area (Å²) >= 11 is 6.17. The summed E-state index contributed by atoms with van der Waals surface area (Å²) in [6.07, 6.45) is 7.22. The zero-order chi connectivity index (χ0) is 17.8. The summed E-state index contributed by atoms with van der Waals surface area (Å²) in [4.78, 5) is 0. The Hall–Kier alpha value is -2.09. The van der Waals surface area contributed by atoms with Crippen molar-refractivity contribution in [2.24, 2.45) is 0 Å². The molecule has 2 aromatic rings. The molecule has 0 aliphatic heterocycles. The quantitative estimate of drug-likeness (QED) is 0.640. The molecule has 128 valence electrons. The van der Waals surface area contributed by atoms with Crippen LogP contribution in [0.5, 0.6) is 0 Å². The molecule has 1 aliphatic rings.